The zero-order valence-electron chi connectivity index (χ0n) is 12.7. The van der Waals surface area contributed by atoms with E-state index in [0.29, 0.717) is 13.0 Å². The molecule has 2 unspecified atom stereocenters. The van der Waals surface area contributed by atoms with Crippen molar-refractivity contribution in [1.82, 2.24) is 10.6 Å². The van der Waals surface area contributed by atoms with Crippen molar-refractivity contribution in [3.05, 3.63) is 58.3 Å². The Bertz CT molecular complexity index is 557. The quantitative estimate of drug-likeness (QED) is 0.735. The number of hydrogen-bond acceptors (Lipinski definition) is 3. The van der Waals surface area contributed by atoms with E-state index in [2.05, 4.69) is 29.0 Å². The smallest absolute Gasteiger partial charge is 0.315 e. The second kappa shape index (κ2) is 8.56. The Balaban J connectivity index is 1.77. The van der Waals surface area contributed by atoms with Crippen molar-refractivity contribution in [2.75, 3.05) is 13.2 Å². The fourth-order valence-electron chi connectivity index (χ4n) is 2.22. The number of benzene rings is 1. The Hall–Kier alpha value is -1.85. The molecular weight excluding hydrogens is 296 g/mol. The topological polar surface area (TPSA) is 61.4 Å². The SMILES string of the molecule is CC(CNC(=O)NC(CO)Cc1ccccc1)c1ccsc1. The van der Waals surface area contributed by atoms with E-state index in [1.165, 1.54) is 5.56 Å². The van der Waals surface area contributed by atoms with Gasteiger partial charge in [-0.3, -0.25) is 0 Å². The van der Waals surface area contributed by atoms with Crippen molar-refractivity contribution < 1.29 is 9.90 Å². The minimum Gasteiger partial charge on any atom is -0.394 e. The fourth-order valence-corrected chi connectivity index (χ4v) is 3.00. The zero-order chi connectivity index (χ0) is 15.8. The van der Waals surface area contributed by atoms with Crippen LogP contribution in [0.15, 0.2) is 47.2 Å². The molecule has 4 nitrogen and oxygen atoms in total. The molecule has 2 aromatic rings. The molecule has 1 heterocycles. The summed E-state index contributed by atoms with van der Waals surface area (Å²) < 4.78 is 0. The molecule has 118 valence electrons. The summed E-state index contributed by atoms with van der Waals surface area (Å²) in [5, 5.41) is 19.2. The Labute approximate surface area is 135 Å². The third-order valence-electron chi connectivity index (χ3n) is 3.56. The Morgan fingerprint density at radius 1 is 1.27 bits per heavy atom. The van der Waals surface area contributed by atoms with E-state index in [9.17, 15) is 9.90 Å². The molecule has 2 rings (SSSR count). The van der Waals surface area contributed by atoms with E-state index >= 15 is 0 Å². The molecule has 2 atom stereocenters. The standard InChI is InChI=1S/C17H22N2O2S/c1-13(15-7-8-22-12-15)10-18-17(21)19-16(11-20)9-14-5-3-2-4-6-14/h2-8,12-13,16,20H,9-11H2,1H3,(H2,18,19,21). The highest BCUT2D eigenvalue weighted by molar-refractivity contribution is 7.07. The second-order valence-corrected chi connectivity index (χ2v) is 6.16. The van der Waals surface area contributed by atoms with Gasteiger partial charge in [0.2, 0.25) is 0 Å². The van der Waals surface area contributed by atoms with E-state index in [-0.39, 0.29) is 24.6 Å². The highest BCUT2D eigenvalue weighted by Gasteiger charge is 2.13. The van der Waals surface area contributed by atoms with Gasteiger partial charge in [-0.15, -0.1) is 0 Å². The van der Waals surface area contributed by atoms with Gasteiger partial charge in [0.15, 0.2) is 0 Å². The van der Waals surface area contributed by atoms with Gasteiger partial charge in [-0.05, 0) is 40.3 Å². The van der Waals surface area contributed by atoms with Gasteiger partial charge in [0.25, 0.3) is 0 Å². The minimum absolute atomic E-state index is 0.0810. The molecule has 0 aliphatic heterocycles. The third-order valence-corrected chi connectivity index (χ3v) is 4.26. The first-order valence-corrected chi connectivity index (χ1v) is 8.34. The highest BCUT2D eigenvalue weighted by atomic mass is 32.1. The number of urea groups is 1. The van der Waals surface area contributed by atoms with Crippen LogP contribution in [0.5, 0.6) is 0 Å². The number of hydrogen-bond donors (Lipinski definition) is 3. The van der Waals surface area contributed by atoms with Crippen LogP contribution in [0.4, 0.5) is 4.79 Å². The van der Waals surface area contributed by atoms with Crippen molar-refractivity contribution in [2.45, 2.75) is 25.3 Å². The van der Waals surface area contributed by atoms with Crippen LogP contribution in [0.2, 0.25) is 0 Å². The molecule has 0 aliphatic carbocycles. The first-order valence-electron chi connectivity index (χ1n) is 7.40. The Kier molecular flexibility index (Phi) is 6.43. The zero-order valence-corrected chi connectivity index (χ0v) is 13.5. The second-order valence-electron chi connectivity index (χ2n) is 5.38. The van der Waals surface area contributed by atoms with Crippen molar-refractivity contribution in [1.29, 1.82) is 0 Å². The maximum Gasteiger partial charge on any atom is 0.315 e. The lowest BCUT2D eigenvalue weighted by Gasteiger charge is -2.18. The molecule has 5 heteroatoms. The summed E-state index contributed by atoms with van der Waals surface area (Å²) in [6.07, 6.45) is 0.616. The summed E-state index contributed by atoms with van der Waals surface area (Å²) in [6, 6.07) is 11.4. The molecule has 22 heavy (non-hydrogen) atoms. The van der Waals surface area contributed by atoms with Gasteiger partial charge < -0.3 is 15.7 Å². The lowest BCUT2D eigenvalue weighted by Crippen LogP contribution is -2.45. The predicted molar refractivity (Wildman–Crippen MR) is 90.3 cm³/mol. The molecule has 0 spiro atoms. The highest BCUT2D eigenvalue weighted by Crippen LogP contribution is 2.16. The first-order chi connectivity index (χ1) is 10.7. The fraction of sp³-hybridized carbons (Fsp3) is 0.353. The summed E-state index contributed by atoms with van der Waals surface area (Å²) in [5.74, 6) is 0.277. The molecule has 0 bridgehead atoms. The molecule has 0 fully saturated rings. The predicted octanol–water partition coefficient (Wildman–Crippen LogP) is 2.75. The number of carbonyl (C=O) groups excluding carboxylic acids is 1. The molecular formula is C17H22N2O2S. The van der Waals surface area contributed by atoms with E-state index < -0.39 is 0 Å². The summed E-state index contributed by atoms with van der Waals surface area (Å²) in [4.78, 5) is 11.9. The van der Waals surface area contributed by atoms with Gasteiger partial charge in [0, 0.05) is 6.54 Å². The maximum atomic E-state index is 11.9. The van der Waals surface area contributed by atoms with Gasteiger partial charge in [-0.1, -0.05) is 37.3 Å². The van der Waals surface area contributed by atoms with Crippen molar-refractivity contribution >= 4 is 17.4 Å². The first kappa shape index (κ1) is 16.5. The maximum absolute atomic E-state index is 11.9. The van der Waals surface area contributed by atoms with Gasteiger partial charge >= 0.3 is 6.03 Å². The molecule has 3 N–H and O–H groups in total. The van der Waals surface area contributed by atoms with E-state index in [1.54, 1.807) is 11.3 Å². The van der Waals surface area contributed by atoms with Gasteiger partial charge in [0.05, 0.1) is 12.6 Å². The average molecular weight is 318 g/mol. The average Bonchev–Trinajstić information content (AvgIpc) is 3.07. The lowest BCUT2D eigenvalue weighted by molar-refractivity contribution is 0.215. The Morgan fingerprint density at radius 3 is 2.68 bits per heavy atom. The van der Waals surface area contributed by atoms with E-state index in [1.807, 2.05) is 35.7 Å². The summed E-state index contributed by atoms with van der Waals surface area (Å²) >= 11 is 1.66. The van der Waals surface area contributed by atoms with E-state index in [0.717, 1.165) is 5.56 Å². The number of amides is 2. The largest absolute Gasteiger partial charge is 0.394 e. The molecule has 0 radical (unpaired) electrons. The minimum atomic E-state index is -0.279. The number of nitrogens with one attached hydrogen (secondary N) is 2. The normalized spacial score (nSPS) is 13.4. The number of carbonyl (C=O) groups is 1. The van der Waals surface area contributed by atoms with Crippen LogP contribution in [0.3, 0.4) is 0 Å². The van der Waals surface area contributed by atoms with Gasteiger partial charge in [0.1, 0.15) is 0 Å². The third kappa shape index (κ3) is 5.16. The van der Waals surface area contributed by atoms with Crippen molar-refractivity contribution in [3.63, 3.8) is 0 Å². The van der Waals surface area contributed by atoms with Gasteiger partial charge in [-0.2, -0.15) is 11.3 Å². The molecule has 1 aromatic carbocycles. The van der Waals surface area contributed by atoms with Crippen LogP contribution >= 0.6 is 11.3 Å². The summed E-state index contributed by atoms with van der Waals surface area (Å²) in [7, 11) is 0. The van der Waals surface area contributed by atoms with Crippen LogP contribution in [0, 0.1) is 0 Å². The molecule has 0 saturated carbocycles. The van der Waals surface area contributed by atoms with Crippen LogP contribution in [0.1, 0.15) is 24.0 Å². The van der Waals surface area contributed by atoms with Crippen LogP contribution in [0.25, 0.3) is 0 Å². The monoisotopic (exact) mass is 318 g/mol. The molecule has 0 saturated heterocycles. The molecule has 2 amide bonds. The molecule has 1 aromatic heterocycles. The summed E-state index contributed by atoms with van der Waals surface area (Å²) in [6.45, 7) is 2.57. The van der Waals surface area contributed by atoms with E-state index in [4.69, 9.17) is 0 Å². The van der Waals surface area contributed by atoms with Crippen LogP contribution in [-0.4, -0.2) is 30.3 Å². The van der Waals surface area contributed by atoms with Crippen molar-refractivity contribution in [2.24, 2.45) is 0 Å². The van der Waals surface area contributed by atoms with Gasteiger partial charge in [-0.25, -0.2) is 4.79 Å². The number of rotatable bonds is 7. The molecule has 0 aliphatic rings. The number of aliphatic hydroxyl groups excluding tert-OH is 1. The van der Waals surface area contributed by atoms with Crippen LogP contribution < -0.4 is 10.6 Å². The number of aliphatic hydroxyl groups is 1. The van der Waals surface area contributed by atoms with Crippen molar-refractivity contribution in [3.8, 4) is 0 Å². The lowest BCUT2D eigenvalue weighted by atomic mass is 10.1. The van der Waals surface area contributed by atoms with Crippen LogP contribution in [-0.2, 0) is 6.42 Å². The number of thiophene rings is 1. The Morgan fingerprint density at radius 2 is 2.05 bits per heavy atom. The summed E-state index contributed by atoms with van der Waals surface area (Å²) in [5.41, 5.74) is 2.32.